The number of Topliss-reactive ketones (excluding diaryl/α,β-unsaturated/α-hetero) is 1. The summed E-state index contributed by atoms with van der Waals surface area (Å²) in [6.45, 7) is 1.77. The van der Waals surface area contributed by atoms with Crippen molar-refractivity contribution in [2.75, 3.05) is 11.5 Å². The van der Waals surface area contributed by atoms with Gasteiger partial charge in [0.1, 0.15) is 5.78 Å². The zero-order chi connectivity index (χ0) is 13.5. The molecule has 1 atom stereocenters. The number of hydrogen-bond donors (Lipinski definition) is 0. The van der Waals surface area contributed by atoms with E-state index < -0.39 is 9.84 Å². The van der Waals surface area contributed by atoms with Crippen LogP contribution in [0, 0.1) is 12.8 Å². The Kier molecular flexibility index (Phi) is 3.51. The number of nitrogens with zero attached hydrogens (tertiary/aromatic N) is 2. The predicted octanol–water partition coefficient (Wildman–Crippen LogP) is 0.928. The Morgan fingerprint density at radius 3 is 2.67 bits per heavy atom. The molecule has 1 aliphatic heterocycles. The summed E-state index contributed by atoms with van der Waals surface area (Å²) in [7, 11) is -1.30. The van der Waals surface area contributed by atoms with Gasteiger partial charge in [-0.3, -0.25) is 9.48 Å². The lowest BCUT2D eigenvalue weighted by Crippen LogP contribution is -2.19. The van der Waals surface area contributed by atoms with Crippen LogP contribution in [0.3, 0.4) is 0 Å². The molecule has 0 saturated carbocycles. The second-order valence-corrected chi connectivity index (χ2v) is 7.32. The van der Waals surface area contributed by atoms with Crippen molar-refractivity contribution >= 4 is 27.2 Å². The van der Waals surface area contributed by atoms with Crippen molar-refractivity contribution in [3.8, 4) is 0 Å². The van der Waals surface area contributed by atoms with E-state index in [0.29, 0.717) is 22.8 Å². The summed E-state index contributed by atoms with van der Waals surface area (Å²) in [5.41, 5.74) is 1.34. The Morgan fingerprint density at radius 1 is 1.56 bits per heavy atom. The maximum Gasteiger partial charge on any atom is 0.151 e. The van der Waals surface area contributed by atoms with Crippen LogP contribution in [0.4, 0.5) is 0 Å². The van der Waals surface area contributed by atoms with Gasteiger partial charge in [-0.15, -0.1) is 0 Å². The molecule has 100 valence electrons. The minimum absolute atomic E-state index is 0.0275. The van der Waals surface area contributed by atoms with Crippen molar-refractivity contribution < 1.29 is 13.2 Å². The summed E-state index contributed by atoms with van der Waals surface area (Å²) < 4.78 is 24.3. The molecule has 1 aromatic heterocycles. The van der Waals surface area contributed by atoms with E-state index in [-0.39, 0.29) is 29.6 Å². The topological polar surface area (TPSA) is 69.0 Å². The molecule has 5 nitrogen and oxygen atoms in total. The first-order valence-electron chi connectivity index (χ1n) is 5.71. The fourth-order valence-electron chi connectivity index (χ4n) is 2.23. The first kappa shape index (κ1) is 13.5. The van der Waals surface area contributed by atoms with Crippen LogP contribution in [-0.2, 0) is 28.1 Å². The number of aryl methyl sites for hydroxylation is 2. The van der Waals surface area contributed by atoms with Gasteiger partial charge < -0.3 is 0 Å². The second kappa shape index (κ2) is 4.66. The minimum atomic E-state index is -3.02. The van der Waals surface area contributed by atoms with Gasteiger partial charge in [-0.25, -0.2) is 8.42 Å². The van der Waals surface area contributed by atoms with E-state index in [1.54, 1.807) is 18.7 Å². The van der Waals surface area contributed by atoms with E-state index in [0.717, 1.165) is 0 Å². The lowest BCUT2D eigenvalue weighted by Gasteiger charge is -2.07. The third-order valence-corrected chi connectivity index (χ3v) is 5.55. The molecule has 2 rings (SSSR count). The number of rotatable bonds is 3. The van der Waals surface area contributed by atoms with E-state index in [4.69, 9.17) is 11.6 Å². The Hall–Kier alpha value is -0.880. The van der Waals surface area contributed by atoms with E-state index in [2.05, 4.69) is 5.10 Å². The molecule has 0 radical (unpaired) electrons. The average molecular weight is 291 g/mol. The van der Waals surface area contributed by atoms with E-state index in [1.807, 2.05) is 0 Å². The van der Waals surface area contributed by atoms with Gasteiger partial charge in [0.25, 0.3) is 0 Å². The van der Waals surface area contributed by atoms with Gasteiger partial charge in [-0.2, -0.15) is 5.10 Å². The third kappa shape index (κ3) is 2.59. The molecule has 1 aliphatic rings. The van der Waals surface area contributed by atoms with Crippen LogP contribution in [0.5, 0.6) is 0 Å². The highest BCUT2D eigenvalue weighted by Gasteiger charge is 2.33. The van der Waals surface area contributed by atoms with Crippen LogP contribution in [0.2, 0.25) is 5.02 Å². The molecule has 0 bridgehead atoms. The number of halogens is 1. The van der Waals surface area contributed by atoms with Crippen molar-refractivity contribution in [1.29, 1.82) is 0 Å². The molecule has 1 fully saturated rings. The molecule has 1 unspecified atom stereocenters. The minimum Gasteiger partial charge on any atom is -0.299 e. The standard InChI is InChI=1S/C11H15ClN2O3S/c1-7-11(12)9(14(2)13-7)5-10(15)8-3-4-18(16,17)6-8/h8H,3-6H2,1-2H3. The average Bonchev–Trinajstić information content (AvgIpc) is 2.74. The fourth-order valence-corrected chi connectivity index (χ4v) is 4.23. The van der Waals surface area contributed by atoms with E-state index in [1.165, 1.54) is 0 Å². The molecule has 1 saturated heterocycles. The summed E-state index contributed by atoms with van der Waals surface area (Å²) in [6, 6.07) is 0. The molecule has 0 spiro atoms. The molecule has 7 heteroatoms. The van der Waals surface area contributed by atoms with Gasteiger partial charge in [0.15, 0.2) is 9.84 Å². The second-order valence-electron chi connectivity index (χ2n) is 4.71. The first-order valence-corrected chi connectivity index (χ1v) is 7.91. The van der Waals surface area contributed by atoms with E-state index in [9.17, 15) is 13.2 Å². The summed E-state index contributed by atoms with van der Waals surface area (Å²) >= 11 is 6.07. The molecular weight excluding hydrogens is 276 g/mol. The molecule has 0 aliphatic carbocycles. The highest BCUT2D eigenvalue weighted by molar-refractivity contribution is 7.91. The van der Waals surface area contributed by atoms with Gasteiger partial charge in [0.2, 0.25) is 0 Å². The summed E-state index contributed by atoms with van der Waals surface area (Å²) in [5.74, 6) is -0.371. The van der Waals surface area contributed by atoms with Gasteiger partial charge >= 0.3 is 0 Å². The number of carbonyl (C=O) groups excluding carboxylic acids is 1. The molecule has 0 aromatic carbocycles. The summed E-state index contributed by atoms with van der Waals surface area (Å²) in [6.07, 6.45) is 0.575. The third-order valence-electron chi connectivity index (χ3n) is 3.29. The number of ketones is 1. The SMILES string of the molecule is Cc1nn(C)c(CC(=O)C2CCS(=O)(=O)C2)c1Cl. The Morgan fingerprint density at radius 2 is 2.22 bits per heavy atom. The zero-order valence-electron chi connectivity index (χ0n) is 10.3. The normalized spacial score (nSPS) is 22.3. The number of hydrogen-bond acceptors (Lipinski definition) is 4. The monoisotopic (exact) mass is 290 g/mol. The molecule has 0 N–H and O–H groups in total. The summed E-state index contributed by atoms with van der Waals surface area (Å²) in [5, 5.41) is 4.63. The first-order chi connectivity index (χ1) is 8.30. The number of sulfone groups is 1. The zero-order valence-corrected chi connectivity index (χ0v) is 11.9. The Balaban J connectivity index is 2.13. The smallest absolute Gasteiger partial charge is 0.151 e. The highest BCUT2D eigenvalue weighted by atomic mass is 35.5. The van der Waals surface area contributed by atoms with Crippen LogP contribution in [0.1, 0.15) is 17.8 Å². The molecule has 18 heavy (non-hydrogen) atoms. The van der Waals surface area contributed by atoms with Crippen molar-refractivity contribution in [3.63, 3.8) is 0 Å². The van der Waals surface area contributed by atoms with Crippen LogP contribution < -0.4 is 0 Å². The van der Waals surface area contributed by atoms with Crippen LogP contribution in [0.25, 0.3) is 0 Å². The Labute approximate surface area is 111 Å². The maximum absolute atomic E-state index is 12.1. The summed E-state index contributed by atoms with van der Waals surface area (Å²) in [4.78, 5) is 12.1. The van der Waals surface area contributed by atoms with Crippen molar-refractivity contribution in [2.45, 2.75) is 19.8 Å². The van der Waals surface area contributed by atoms with Crippen LogP contribution in [-0.4, -0.2) is 35.5 Å². The fraction of sp³-hybridized carbons (Fsp3) is 0.636. The van der Waals surface area contributed by atoms with E-state index >= 15 is 0 Å². The predicted molar refractivity (Wildman–Crippen MR) is 68.4 cm³/mol. The maximum atomic E-state index is 12.1. The van der Waals surface area contributed by atoms with Gasteiger partial charge in [0, 0.05) is 13.0 Å². The van der Waals surface area contributed by atoms with Crippen molar-refractivity contribution in [2.24, 2.45) is 13.0 Å². The molecule has 0 amide bonds. The highest BCUT2D eigenvalue weighted by Crippen LogP contribution is 2.24. The Bertz CT molecular complexity index is 592. The van der Waals surface area contributed by atoms with Gasteiger partial charge in [-0.1, -0.05) is 11.6 Å². The number of aromatic nitrogens is 2. The van der Waals surface area contributed by atoms with Crippen molar-refractivity contribution in [1.82, 2.24) is 9.78 Å². The van der Waals surface area contributed by atoms with Gasteiger partial charge in [0.05, 0.1) is 34.3 Å². The molecular formula is C11H15ClN2O3S. The van der Waals surface area contributed by atoms with Crippen molar-refractivity contribution in [3.05, 3.63) is 16.4 Å². The van der Waals surface area contributed by atoms with Crippen LogP contribution in [0.15, 0.2) is 0 Å². The molecule has 1 aromatic rings. The largest absolute Gasteiger partial charge is 0.299 e. The lowest BCUT2D eigenvalue weighted by molar-refractivity contribution is -0.121. The number of carbonyl (C=O) groups is 1. The molecule has 2 heterocycles. The van der Waals surface area contributed by atoms with Gasteiger partial charge in [-0.05, 0) is 13.3 Å². The quantitative estimate of drug-likeness (QED) is 0.830. The van der Waals surface area contributed by atoms with Crippen LogP contribution >= 0.6 is 11.6 Å². The lowest BCUT2D eigenvalue weighted by atomic mass is 10.00.